The average molecular weight is 446 g/mol. The van der Waals surface area contributed by atoms with Crippen LogP contribution in [0.25, 0.3) is 0 Å². The molecule has 3 aromatic rings. The Kier molecular flexibility index (Phi) is 7.39. The van der Waals surface area contributed by atoms with Gasteiger partial charge in [-0.25, -0.2) is 0 Å². The van der Waals surface area contributed by atoms with Crippen LogP contribution in [0.1, 0.15) is 42.3 Å². The van der Waals surface area contributed by atoms with Crippen molar-refractivity contribution in [3.05, 3.63) is 64.0 Å². The lowest BCUT2D eigenvalue weighted by Crippen LogP contribution is -2.14. The van der Waals surface area contributed by atoms with Gasteiger partial charge in [0.1, 0.15) is 5.75 Å². The molecule has 158 valence electrons. The van der Waals surface area contributed by atoms with E-state index in [4.69, 9.17) is 20.8 Å². The van der Waals surface area contributed by atoms with Crippen molar-refractivity contribution in [3.63, 3.8) is 0 Å². The number of rotatable bonds is 8. The molecule has 1 aromatic heterocycles. The number of amides is 1. The Balaban J connectivity index is 1.53. The topological polar surface area (TPSA) is 77.2 Å². The molecule has 0 bridgehead atoms. The van der Waals surface area contributed by atoms with Gasteiger partial charge in [0.25, 0.3) is 11.1 Å². The number of nitrogens with one attached hydrogen (secondary N) is 1. The maximum atomic E-state index is 12.2. The highest BCUT2D eigenvalue weighted by Crippen LogP contribution is 2.28. The van der Waals surface area contributed by atoms with Crippen molar-refractivity contribution < 1.29 is 13.9 Å². The van der Waals surface area contributed by atoms with Crippen molar-refractivity contribution in [2.24, 2.45) is 0 Å². The molecule has 0 aliphatic heterocycles. The lowest BCUT2D eigenvalue weighted by atomic mass is 10.0. The maximum absolute atomic E-state index is 12.2. The van der Waals surface area contributed by atoms with E-state index in [0.717, 1.165) is 28.1 Å². The summed E-state index contributed by atoms with van der Waals surface area (Å²) in [6, 6.07) is 11.5. The molecule has 1 heterocycles. The number of aryl methyl sites for hydroxylation is 2. The Morgan fingerprint density at radius 1 is 1.20 bits per heavy atom. The molecule has 0 atom stereocenters. The number of ether oxygens (including phenoxy) is 1. The zero-order valence-electron chi connectivity index (χ0n) is 17.4. The summed E-state index contributed by atoms with van der Waals surface area (Å²) in [5, 5.41) is 11.8. The minimum absolute atomic E-state index is 0.153. The van der Waals surface area contributed by atoms with Crippen LogP contribution in [0.4, 0.5) is 5.69 Å². The summed E-state index contributed by atoms with van der Waals surface area (Å²) in [4.78, 5) is 12.2. The first-order valence-corrected chi connectivity index (χ1v) is 10.9. The van der Waals surface area contributed by atoms with Gasteiger partial charge in [0.2, 0.25) is 5.91 Å². The summed E-state index contributed by atoms with van der Waals surface area (Å²) in [5.41, 5.74) is 3.88. The van der Waals surface area contributed by atoms with Crippen LogP contribution >= 0.6 is 23.4 Å². The lowest BCUT2D eigenvalue weighted by molar-refractivity contribution is -0.113. The Morgan fingerprint density at radius 2 is 2.00 bits per heavy atom. The van der Waals surface area contributed by atoms with Crippen LogP contribution in [0.2, 0.25) is 5.02 Å². The number of thioether (sulfide) groups is 1. The molecule has 1 N–H and O–H groups in total. The summed E-state index contributed by atoms with van der Waals surface area (Å²) >= 11 is 7.11. The molecule has 0 radical (unpaired) electrons. The zero-order valence-corrected chi connectivity index (χ0v) is 18.9. The van der Waals surface area contributed by atoms with E-state index in [-0.39, 0.29) is 18.3 Å². The predicted octanol–water partition coefficient (Wildman–Crippen LogP) is 5.77. The number of carbonyl (C=O) groups is 1. The summed E-state index contributed by atoms with van der Waals surface area (Å²) in [6.07, 6.45) is 0. The van der Waals surface area contributed by atoms with Crippen molar-refractivity contribution in [1.82, 2.24) is 10.2 Å². The summed E-state index contributed by atoms with van der Waals surface area (Å²) in [7, 11) is 0. The van der Waals surface area contributed by atoms with Gasteiger partial charge >= 0.3 is 0 Å². The summed E-state index contributed by atoms with van der Waals surface area (Å²) in [5.74, 6) is 1.51. The van der Waals surface area contributed by atoms with E-state index in [1.807, 2.05) is 19.9 Å². The number of carbonyl (C=O) groups excluding carboxylic acids is 1. The number of halogens is 1. The first-order valence-electron chi connectivity index (χ1n) is 9.56. The van der Waals surface area contributed by atoms with E-state index in [2.05, 4.69) is 41.5 Å². The highest BCUT2D eigenvalue weighted by Gasteiger charge is 2.13. The maximum Gasteiger partial charge on any atom is 0.277 e. The molecule has 30 heavy (non-hydrogen) atoms. The Hall–Kier alpha value is -2.51. The molecule has 1 amide bonds. The van der Waals surface area contributed by atoms with E-state index < -0.39 is 0 Å². The van der Waals surface area contributed by atoms with Crippen molar-refractivity contribution in [3.8, 4) is 5.75 Å². The van der Waals surface area contributed by atoms with E-state index in [9.17, 15) is 4.79 Å². The molecule has 0 saturated heterocycles. The standard InChI is InChI=1S/C22H24ClN3O3S/c1-13(2)17-7-5-14(3)9-19(17)28-11-21-25-26-22(29-21)30-12-20(27)24-18-8-6-16(23)10-15(18)4/h5-10,13H,11-12H2,1-4H3,(H,24,27). The number of benzene rings is 2. The van der Waals surface area contributed by atoms with Crippen LogP contribution < -0.4 is 10.1 Å². The van der Waals surface area contributed by atoms with Gasteiger partial charge in [0.05, 0.1) is 5.75 Å². The van der Waals surface area contributed by atoms with Gasteiger partial charge in [-0.1, -0.05) is 49.3 Å². The third-order valence-electron chi connectivity index (χ3n) is 4.38. The van der Waals surface area contributed by atoms with Crippen LogP contribution in [0.15, 0.2) is 46.0 Å². The summed E-state index contributed by atoms with van der Waals surface area (Å²) in [6.45, 7) is 8.32. The van der Waals surface area contributed by atoms with Crippen LogP contribution in [0.3, 0.4) is 0 Å². The molecular weight excluding hydrogens is 422 g/mol. The molecule has 0 spiro atoms. The van der Waals surface area contributed by atoms with Crippen molar-refractivity contribution in [1.29, 1.82) is 0 Å². The molecule has 6 nitrogen and oxygen atoms in total. The second kappa shape index (κ2) is 10.00. The predicted molar refractivity (Wildman–Crippen MR) is 119 cm³/mol. The van der Waals surface area contributed by atoms with Gasteiger partial charge in [-0.05, 0) is 60.7 Å². The highest BCUT2D eigenvalue weighted by molar-refractivity contribution is 7.99. The van der Waals surface area contributed by atoms with Gasteiger partial charge < -0.3 is 14.5 Å². The van der Waals surface area contributed by atoms with Gasteiger partial charge in [0.15, 0.2) is 6.61 Å². The van der Waals surface area contributed by atoms with Crippen molar-refractivity contribution >= 4 is 35.0 Å². The second-order valence-corrected chi connectivity index (χ2v) is 8.61. The monoisotopic (exact) mass is 445 g/mol. The Bertz CT molecular complexity index is 1040. The first-order chi connectivity index (χ1) is 14.3. The van der Waals surface area contributed by atoms with Gasteiger partial charge in [-0.3, -0.25) is 4.79 Å². The fraction of sp³-hybridized carbons (Fsp3) is 0.318. The SMILES string of the molecule is Cc1ccc(C(C)C)c(OCc2nnc(SCC(=O)Nc3ccc(Cl)cc3C)o2)c1. The number of hydrogen-bond acceptors (Lipinski definition) is 6. The fourth-order valence-electron chi connectivity index (χ4n) is 2.82. The van der Waals surface area contributed by atoms with E-state index in [0.29, 0.717) is 22.1 Å². The van der Waals surface area contributed by atoms with Crippen LogP contribution in [0, 0.1) is 13.8 Å². The van der Waals surface area contributed by atoms with E-state index in [1.165, 1.54) is 11.8 Å². The first kappa shape index (κ1) is 22.2. The van der Waals surface area contributed by atoms with Crippen molar-refractivity contribution in [2.75, 3.05) is 11.1 Å². The molecular formula is C22H24ClN3O3S. The zero-order chi connectivity index (χ0) is 21.7. The molecule has 0 saturated carbocycles. The smallest absolute Gasteiger partial charge is 0.277 e. The number of hydrogen-bond donors (Lipinski definition) is 1. The minimum atomic E-state index is -0.164. The molecule has 8 heteroatoms. The third-order valence-corrected chi connectivity index (χ3v) is 5.43. The number of nitrogens with zero attached hydrogens (tertiary/aromatic N) is 2. The van der Waals surface area contributed by atoms with Gasteiger partial charge in [-0.2, -0.15) is 0 Å². The minimum Gasteiger partial charge on any atom is -0.484 e. The van der Waals surface area contributed by atoms with Crippen LogP contribution in [-0.2, 0) is 11.4 Å². The molecule has 0 fully saturated rings. The molecule has 3 rings (SSSR count). The normalized spacial score (nSPS) is 11.0. The van der Waals surface area contributed by atoms with Crippen molar-refractivity contribution in [2.45, 2.75) is 45.4 Å². The van der Waals surface area contributed by atoms with Crippen LogP contribution in [-0.4, -0.2) is 21.9 Å². The molecule has 0 unspecified atom stereocenters. The van der Waals surface area contributed by atoms with E-state index in [1.54, 1.807) is 18.2 Å². The molecule has 2 aromatic carbocycles. The average Bonchev–Trinajstić information content (AvgIpc) is 3.15. The summed E-state index contributed by atoms with van der Waals surface area (Å²) < 4.78 is 11.5. The van der Waals surface area contributed by atoms with Gasteiger partial charge in [0, 0.05) is 10.7 Å². The van der Waals surface area contributed by atoms with E-state index >= 15 is 0 Å². The Morgan fingerprint density at radius 3 is 2.73 bits per heavy atom. The Labute approximate surface area is 185 Å². The third kappa shape index (κ3) is 6.00. The molecule has 0 aliphatic rings. The highest BCUT2D eigenvalue weighted by atomic mass is 35.5. The number of anilines is 1. The fourth-order valence-corrected chi connectivity index (χ4v) is 3.63. The largest absolute Gasteiger partial charge is 0.484 e. The van der Waals surface area contributed by atoms with Crippen LogP contribution in [0.5, 0.6) is 5.75 Å². The lowest BCUT2D eigenvalue weighted by Gasteiger charge is -2.13. The number of aromatic nitrogens is 2. The molecule has 0 aliphatic carbocycles. The van der Waals surface area contributed by atoms with Gasteiger partial charge in [-0.15, -0.1) is 10.2 Å². The quantitative estimate of drug-likeness (QED) is 0.443. The second-order valence-electron chi connectivity index (χ2n) is 7.24.